The molecule has 3 nitrogen and oxygen atoms in total. The summed E-state index contributed by atoms with van der Waals surface area (Å²) in [6.07, 6.45) is 6.25. The van der Waals surface area contributed by atoms with E-state index in [1.807, 2.05) is 11.8 Å². The van der Waals surface area contributed by atoms with Gasteiger partial charge in [-0.2, -0.15) is 0 Å². The maximum absolute atomic E-state index is 12.4. The van der Waals surface area contributed by atoms with Crippen LogP contribution in [0.2, 0.25) is 5.15 Å². The van der Waals surface area contributed by atoms with E-state index >= 15 is 0 Å². The molecule has 17 heavy (non-hydrogen) atoms. The van der Waals surface area contributed by atoms with Crippen molar-refractivity contribution in [2.75, 3.05) is 6.54 Å². The second kappa shape index (κ2) is 5.50. The van der Waals surface area contributed by atoms with E-state index in [1.54, 1.807) is 18.3 Å². The van der Waals surface area contributed by atoms with E-state index in [0.717, 1.165) is 19.4 Å². The first-order valence-corrected chi connectivity index (χ1v) is 6.53. The zero-order valence-corrected chi connectivity index (χ0v) is 10.8. The molecule has 1 aromatic heterocycles. The number of carbonyl (C=O) groups is 1. The summed E-state index contributed by atoms with van der Waals surface area (Å²) in [5, 5.41) is 0.300. The number of amides is 1. The van der Waals surface area contributed by atoms with Gasteiger partial charge in [0.05, 0.1) is 5.56 Å². The van der Waals surface area contributed by atoms with Crippen molar-refractivity contribution in [3.05, 3.63) is 29.0 Å². The summed E-state index contributed by atoms with van der Waals surface area (Å²) in [5.74, 6) is 0.0116. The normalized spacial score (nSPS) is 16.1. The van der Waals surface area contributed by atoms with E-state index in [2.05, 4.69) is 4.98 Å². The van der Waals surface area contributed by atoms with Gasteiger partial charge in [-0.3, -0.25) is 4.79 Å². The van der Waals surface area contributed by atoms with Crippen molar-refractivity contribution in [1.82, 2.24) is 9.88 Å². The van der Waals surface area contributed by atoms with E-state index in [1.165, 1.54) is 12.8 Å². The highest BCUT2D eigenvalue weighted by Crippen LogP contribution is 2.25. The second-order valence-electron chi connectivity index (χ2n) is 4.37. The van der Waals surface area contributed by atoms with Crippen molar-refractivity contribution >= 4 is 17.5 Å². The van der Waals surface area contributed by atoms with E-state index in [-0.39, 0.29) is 5.91 Å². The lowest BCUT2D eigenvalue weighted by Crippen LogP contribution is -2.38. The van der Waals surface area contributed by atoms with Crippen molar-refractivity contribution in [2.45, 2.75) is 38.6 Å². The molecule has 2 rings (SSSR count). The van der Waals surface area contributed by atoms with Gasteiger partial charge in [-0.15, -0.1) is 0 Å². The molecule has 0 unspecified atom stereocenters. The van der Waals surface area contributed by atoms with Crippen LogP contribution in [-0.2, 0) is 0 Å². The van der Waals surface area contributed by atoms with Crippen molar-refractivity contribution in [1.29, 1.82) is 0 Å². The molecule has 0 atom stereocenters. The molecule has 92 valence electrons. The molecule has 1 fully saturated rings. The SMILES string of the molecule is CCN(C(=O)c1cccnc1Cl)C1CCCC1. The maximum Gasteiger partial charge on any atom is 0.257 e. The van der Waals surface area contributed by atoms with Crippen LogP contribution in [0.15, 0.2) is 18.3 Å². The van der Waals surface area contributed by atoms with Crippen LogP contribution in [0.5, 0.6) is 0 Å². The minimum absolute atomic E-state index is 0.0116. The number of rotatable bonds is 3. The maximum atomic E-state index is 12.4. The summed E-state index contributed by atoms with van der Waals surface area (Å²) in [5.41, 5.74) is 0.517. The molecule has 0 bridgehead atoms. The van der Waals surface area contributed by atoms with Crippen molar-refractivity contribution in [2.24, 2.45) is 0 Å². The summed E-state index contributed by atoms with van der Waals surface area (Å²) < 4.78 is 0. The Morgan fingerprint density at radius 1 is 1.53 bits per heavy atom. The van der Waals surface area contributed by atoms with Crippen molar-refractivity contribution in [3.8, 4) is 0 Å². The molecule has 0 spiro atoms. The van der Waals surface area contributed by atoms with Gasteiger partial charge in [0.1, 0.15) is 5.15 Å². The van der Waals surface area contributed by atoms with Gasteiger partial charge >= 0.3 is 0 Å². The summed E-state index contributed by atoms with van der Waals surface area (Å²) >= 11 is 5.97. The Balaban J connectivity index is 2.20. The van der Waals surface area contributed by atoms with Gasteiger partial charge in [-0.05, 0) is 31.9 Å². The van der Waals surface area contributed by atoms with Crippen LogP contribution in [0.25, 0.3) is 0 Å². The Labute approximate surface area is 107 Å². The lowest BCUT2D eigenvalue weighted by molar-refractivity contribution is 0.0693. The fourth-order valence-electron chi connectivity index (χ4n) is 2.48. The van der Waals surface area contributed by atoms with Crippen LogP contribution in [0.3, 0.4) is 0 Å². The van der Waals surface area contributed by atoms with Gasteiger partial charge in [0, 0.05) is 18.8 Å². The third-order valence-electron chi connectivity index (χ3n) is 3.36. The first-order chi connectivity index (χ1) is 8.24. The quantitative estimate of drug-likeness (QED) is 0.775. The van der Waals surface area contributed by atoms with Crippen LogP contribution >= 0.6 is 11.6 Å². The molecule has 1 aromatic rings. The number of aromatic nitrogens is 1. The molecular formula is C13H17ClN2O. The minimum atomic E-state index is 0.0116. The van der Waals surface area contributed by atoms with Crippen molar-refractivity contribution < 1.29 is 4.79 Å². The molecule has 1 aliphatic carbocycles. The average Bonchev–Trinajstić information content (AvgIpc) is 2.84. The van der Waals surface area contributed by atoms with Gasteiger partial charge in [-0.25, -0.2) is 4.98 Å². The molecular weight excluding hydrogens is 236 g/mol. The van der Waals surface area contributed by atoms with Crippen LogP contribution in [0.4, 0.5) is 0 Å². The smallest absolute Gasteiger partial charge is 0.257 e. The molecule has 1 amide bonds. The molecule has 1 saturated carbocycles. The predicted molar refractivity (Wildman–Crippen MR) is 68.2 cm³/mol. The molecule has 1 heterocycles. The predicted octanol–water partition coefficient (Wildman–Crippen LogP) is 3.14. The molecule has 0 N–H and O–H groups in total. The van der Waals surface area contributed by atoms with E-state index < -0.39 is 0 Å². The largest absolute Gasteiger partial charge is 0.336 e. The topological polar surface area (TPSA) is 33.2 Å². The van der Waals surface area contributed by atoms with Crippen LogP contribution < -0.4 is 0 Å². The number of halogens is 1. The second-order valence-corrected chi connectivity index (χ2v) is 4.73. The Bertz CT molecular complexity index is 402. The Hall–Kier alpha value is -1.09. The molecule has 0 aliphatic heterocycles. The third kappa shape index (κ3) is 2.60. The van der Waals surface area contributed by atoms with Gasteiger partial charge in [-0.1, -0.05) is 24.4 Å². The number of hydrogen-bond donors (Lipinski definition) is 0. The summed E-state index contributed by atoms with van der Waals surface area (Å²) in [4.78, 5) is 18.3. The Morgan fingerprint density at radius 3 is 2.82 bits per heavy atom. The molecule has 4 heteroatoms. The summed E-state index contributed by atoms with van der Waals surface area (Å²) in [6.45, 7) is 2.75. The van der Waals surface area contributed by atoms with Crippen LogP contribution in [0, 0.1) is 0 Å². The standard InChI is InChI=1S/C13H17ClN2O/c1-2-16(10-6-3-4-7-10)13(17)11-8-5-9-15-12(11)14/h5,8-10H,2-4,6-7H2,1H3. The zero-order valence-electron chi connectivity index (χ0n) is 10.0. The van der Waals surface area contributed by atoms with Crippen molar-refractivity contribution in [3.63, 3.8) is 0 Å². The van der Waals surface area contributed by atoms with Gasteiger partial charge in [0.25, 0.3) is 5.91 Å². The molecule has 0 radical (unpaired) electrons. The fourth-order valence-corrected chi connectivity index (χ4v) is 2.68. The number of pyridine rings is 1. The van der Waals surface area contributed by atoms with E-state index in [9.17, 15) is 4.79 Å². The molecule has 0 aromatic carbocycles. The van der Waals surface area contributed by atoms with Crippen LogP contribution in [-0.4, -0.2) is 28.4 Å². The number of hydrogen-bond acceptors (Lipinski definition) is 2. The highest BCUT2D eigenvalue weighted by molar-refractivity contribution is 6.32. The Kier molecular flexibility index (Phi) is 4.00. The first kappa shape index (κ1) is 12.4. The summed E-state index contributed by atoms with van der Waals surface area (Å²) in [6, 6.07) is 3.88. The van der Waals surface area contributed by atoms with Gasteiger partial charge in [0.15, 0.2) is 0 Å². The number of nitrogens with zero attached hydrogens (tertiary/aromatic N) is 2. The molecule has 1 aliphatic rings. The van der Waals surface area contributed by atoms with Gasteiger partial charge in [0.2, 0.25) is 0 Å². The highest BCUT2D eigenvalue weighted by Gasteiger charge is 2.27. The first-order valence-electron chi connectivity index (χ1n) is 6.15. The minimum Gasteiger partial charge on any atom is -0.336 e. The highest BCUT2D eigenvalue weighted by atomic mass is 35.5. The third-order valence-corrected chi connectivity index (χ3v) is 3.66. The Morgan fingerprint density at radius 2 is 2.24 bits per heavy atom. The zero-order chi connectivity index (χ0) is 12.3. The van der Waals surface area contributed by atoms with Crippen LogP contribution in [0.1, 0.15) is 43.0 Å². The summed E-state index contributed by atoms with van der Waals surface area (Å²) in [7, 11) is 0. The molecule has 0 saturated heterocycles. The van der Waals surface area contributed by atoms with E-state index in [0.29, 0.717) is 16.8 Å². The average molecular weight is 253 g/mol. The lowest BCUT2D eigenvalue weighted by Gasteiger charge is -2.27. The van der Waals surface area contributed by atoms with E-state index in [4.69, 9.17) is 11.6 Å². The lowest BCUT2D eigenvalue weighted by atomic mass is 10.1. The fraction of sp³-hybridized carbons (Fsp3) is 0.538. The number of carbonyl (C=O) groups excluding carboxylic acids is 1. The monoisotopic (exact) mass is 252 g/mol. The van der Waals surface area contributed by atoms with Gasteiger partial charge < -0.3 is 4.90 Å².